The SMILES string of the molecule is CC1(CN=C(NCCc2ccco2)NCC2CCCCO2)CCCS1. The van der Waals surface area contributed by atoms with Crippen molar-refractivity contribution in [2.75, 3.05) is 32.0 Å². The van der Waals surface area contributed by atoms with Gasteiger partial charge in [0.1, 0.15) is 5.76 Å². The van der Waals surface area contributed by atoms with Gasteiger partial charge in [-0.2, -0.15) is 11.8 Å². The lowest BCUT2D eigenvalue weighted by atomic mass is 10.1. The quantitative estimate of drug-likeness (QED) is 0.574. The van der Waals surface area contributed by atoms with Crippen molar-refractivity contribution in [3.8, 4) is 0 Å². The van der Waals surface area contributed by atoms with Crippen molar-refractivity contribution < 1.29 is 9.15 Å². The summed E-state index contributed by atoms with van der Waals surface area (Å²) in [6.07, 6.45) is 9.05. The van der Waals surface area contributed by atoms with Gasteiger partial charge in [-0.3, -0.25) is 4.99 Å². The molecular weight excluding hydrogens is 334 g/mol. The van der Waals surface area contributed by atoms with Crippen molar-refractivity contribution in [1.29, 1.82) is 0 Å². The molecule has 0 aliphatic carbocycles. The molecule has 2 saturated heterocycles. The molecule has 2 N–H and O–H groups in total. The number of ether oxygens (including phenoxy) is 1. The highest BCUT2D eigenvalue weighted by Crippen LogP contribution is 2.37. The maximum Gasteiger partial charge on any atom is 0.191 e. The summed E-state index contributed by atoms with van der Waals surface area (Å²) in [6, 6.07) is 3.94. The van der Waals surface area contributed by atoms with Gasteiger partial charge in [0.2, 0.25) is 0 Å². The number of hydrogen-bond acceptors (Lipinski definition) is 4. The van der Waals surface area contributed by atoms with Crippen LogP contribution in [-0.2, 0) is 11.2 Å². The van der Waals surface area contributed by atoms with E-state index in [1.807, 2.05) is 12.1 Å². The first-order chi connectivity index (χ1) is 12.2. The van der Waals surface area contributed by atoms with E-state index in [1.54, 1.807) is 6.26 Å². The number of nitrogens with one attached hydrogen (secondary N) is 2. The minimum atomic E-state index is 0.289. The van der Waals surface area contributed by atoms with Gasteiger partial charge in [0.25, 0.3) is 0 Å². The third-order valence-corrected chi connectivity index (χ3v) is 6.41. The summed E-state index contributed by atoms with van der Waals surface area (Å²) in [6.45, 7) is 5.72. The highest BCUT2D eigenvalue weighted by Gasteiger charge is 2.29. The van der Waals surface area contributed by atoms with Gasteiger partial charge >= 0.3 is 0 Å². The Kier molecular flexibility index (Phi) is 7.11. The zero-order valence-corrected chi connectivity index (χ0v) is 16.1. The van der Waals surface area contributed by atoms with Gasteiger partial charge in [0.15, 0.2) is 5.96 Å². The monoisotopic (exact) mass is 365 g/mol. The Morgan fingerprint density at radius 2 is 2.32 bits per heavy atom. The average Bonchev–Trinajstić information content (AvgIpc) is 3.30. The third kappa shape index (κ3) is 6.26. The summed E-state index contributed by atoms with van der Waals surface area (Å²) in [5.41, 5.74) is 0. The summed E-state index contributed by atoms with van der Waals surface area (Å²) >= 11 is 2.05. The fraction of sp³-hybridized carbons (Fsp3) is 0.737. The van der Waals surface area contributed by atoms with Crippen molar-refractivity contribution in [2.24, 2.45) is 4.99 Å². The summed E-state index contributed by atoms with van der Waals surface area (Å²) in [5, 5.41) is 6.94. The first-order valence-electron chi connectivity index (χ1n) is 9.54. The van der Waals surface area contributed by atoms with E-state index >= 15 is 0 Å². The average molecular weight is 366 g/mol. The molecule has 3 rings (SSSR count). The second-order valence-corrected chi connectivity index (χ2v) is 8.87. The summed E-state index contributed by atoms with van der Waals surface area (Å²) in [5.74, 6) is 3.16. The highest BCUT2D eigenvalue weighted by molar-refractivity contribution is 8.00. The fourth-order valence-corrected chi connectivity index (χ4v) is 4.55. The number of rotatable bonds is 7. The van der Waals surface area contributed by atoms with Gasteiger partial charge < -0.3 is 19.8 Å². The number of nitrogens with zero attached hydrogens (tertiary/aromatic N) is 1. The maximum absolute atomic E-state index is 5.83. The first-order valence-corrected chi connectivity index (χ1v) is 10.5. The number of aliphatic imine (C=N–C) groups is 1. The Hall–Kier alpha value is -1.14. The van der Waals surface area contributed by atoms with E-state index in [9.17, 15) is 0 Å². The van der Waals surface area contributed by atoms with Crippen molar-refractivity contribution in [3.63, 3.8) is 0 Å². The molecule has 0 spiro atoms. The van der Waals surface area contributed by atoms with Crippen LogP contribution in [0.1, 0.15) is 44.8 Å². The van der Waals surface area contributed by atoms with Gasteiger partial charge in [-0.25, -0.2) is 0 Å². The van der Waals surface area contributed by atoms with Crippen LogP contribution in [-0.4, -0.2) is 48.8 Å². The van der Waals surface area contributed by atoms with Crippen LogP contribution >= 0.6 is 11.8 Å². The summed E-state index contributed by atoms with van der Waals surface area (Å²) in [7, 11) is 0. The molecule has 0 amide bonds. The van der Waals surface area contributed by atoms with Gasteiger partial charge in [-0.05, 0) is 56.9 Å². The van der Waals surface area contributed by atoms with Crippen LogP contribution in [0.15, 0.2) is 27.8 Å². The molecule has 0 aromatic carbocycles. The molecule has 0 saturated carbocycles. The number of guanidine groups is 1. The minimum Gasteiger partial charge on any atom is -0.469 e. The van der Waals surface area contributed by atoms with Crippen LogP contribution in [0.3, 0.4) is 0 Å². The van der Waals surface area contributed by atoms with Gasteiger partial charge in [0.05, 0.1) is 18.9 Å². The molecule has 2 unspecified atom stereocenters. The Morgan fingerprint density at radius 3 is 3.04 bits per heavy atom. The molecule has 1 aromatic heterocycles. The molecule has 5 nitrogen and oxygen atoms in total. The minimum absolute atomic E-state index is 0.289. The Balaban J connectivity index is 1.50. The normalized spacial score (nSPS) is 27.4. The van der Waals surface area contributed by atoms with Crippen LogP contribution in [0.5, 0.6) is 0 Å². The van der Waals surface area contributed by atoms with Gasteiger partial charge in [-0.1, -0.05) is 0 Å². The van der Waals surface area contributed by atoms with E-state index in [1.165, 1.54) is 31.4 Å². The largest absolute Gasteiger partial charge is 0.469 e. The van der Waals surface area contributed by atoms with Gasteiger partial charge in [-0.15, -0.1) is 0 Å². The molecule has 2 fully saturated rings. The van der Waals surface area contributed by atoms with E-state index in [0.717, 1.165) is 50.8 Å². The third-order valence-electron chi connectivity index (χ3n) is 4.89. The Labute approximate surface area is 155 Å². The fourth-order valence-electron chi connectivity index (χ4n) is 3.32. The first kappa shape index (κ1) is 18.6. The molecule has 2 aliphatic heterocycles. The van der Waals surface area contributed by atoms with Crippen LogP contribution in [0.25, 0.3) is 0 Å². The predicted octanol–water partition coefficient (Wildman–Crippen LogP) is 3.21. The van der Waals surface area contributed by atoms with Crippen molar-refractivity contribution in [1.82, 2.24) is 10.6 Å². The van der Waals surface area contributed by atoms with Crippen LogP contribution in [0, 0.1) is 0 Å². The molecule has 3 heterocycles. The molecule has 2 aliphatic rings. The molecule has 0 radical (unpaired) electrons. The maximum atomic E-state index is 5.83. The number of furan rings is 1. The van der Waals surface area contributed by atoms with E-state index < -0.39 is 0 Å². The topological polar surface area (TPSA) is 58.8 Å². The molecule has 140 valence electrons. The van der Waals surface area contributed by atoms with Crippen molar-refractivity contribution in [3.05, 3.63) is 24.2 Å². The second kappa shape index (κ2) is 9.53. The number of thioether (sulfide) groups is 1. The standard InChI is InChI=1S/C19H31N3O2S/c1-19(9-5-13-25-19)15-22-18(20-10-8-16-7-4-12-23-16)21-14-17-6-2-3-11-24-17/h4,7,12,17H,2-3,5-6,8-11,13-15H2,1H3,(H2,20,21,22). The molecule has 0 bridgehead atoms. The molecular formula is C19H31N3O2S. The Morgan fingerprint density at radius 1 is 1.36 bits per heavy atom. The van der Waals surface area contributed by atoms with Crippen LogP contribution in [0.2, 0.25) is 0 Å². The number of hydrogen-bond donors (Lipinski definition) is 2. The molecule has 2 atom stereocenters. The zero-order valence-electron chi connectivity index (χ0n) is 15.3. The summed E-state index contributed by atoms with van der Waals surface area (Å²) in [4.78, 5) is 4.87. The second-order valence-electron chi connectivity index (χ2n) is 7.19. The Bertz CT molecular complexity index is 521. The lowest BCUT2D eigenvalue weighted by Crippen LogP contribution is -2.44. The van der Waals surface area contributed by atoms with Crippen LogP contribution in [0.4, 0.5) is 0 Å². The molecule has 25 heavy (non-hydrogen) atoms. The lowest BCUT2D eigenvalue weighted by Gasteiger charge is -2.25. The molecule has 1 aromatic rings. The van der Waals surface area contributed by atoms with Gasteiger partial charge in [0, 0.05) is 30.9 Å². The summed E-state index contributed by atoms with van der Waals surface area (Å²) < 4.78 is 11.5. The van der Waals surface area contributed by atoms with E-state index in [0.29, 0.717) is 6.10 Å². The molecule has 6 heteroatoms. The van der Waals surface area contributed by atoms with Crippen LogP contribution < -0.4 is 10.6 Å². The smallest absolute Gasteiger partial charge is 0.191 e. The lowest BCUT2D eigenvalue weighted by molar-refractivity contribution is 0.0194. The highest BCUT2D eigenvalue weighted by atomic mass is 32.2. The van der Waals surface area contributed by atoms with E-state index in [4.69, 9.17) is 14.1 Å². The van der Waals surface area contributed by atoms with Crippen molar-refractivity contribution >= 4 is 17.7 Å². The van der Waals surface area contributed by atoms with E-state index in [-0.39, 0.29) is 4.75 Å². The van der Waals surface area contributed by atoms with Crippen molar-refractivity contribution in [2.45, 2.75) is 56.3 Å². The predicted molar refractivity (Wildman–Crippen MR) is 104 cm³/mol. The zero-order chi connectivity index (χ0) is 17.4. The van der Waals surface area contributed by atoms with E-state index in [2.05, 4.69) is 29.3 Å².